The second-order valence-corrected chi connectivity index (χ2v) is 4.27. The summed E-state index contributed by atoms with van der Waals surface area (Å²) in [6, 6.07) is 5.02. The van der Waals surface area contributed by atoms with E-state index in [1.165, 1.54) is 0 Å². The minimum absolute atomic E-state index is 0.0390. The maximum Gasteiger partial charge on any atom is 0.337 e. The Labute approximate surface area is 113 Å². The van der Waals surface area contributed by atoms with E-state index in [0.717, 1.165) is 5.56 Å². The lowest BCUT2D eigenvalue weighted by molar-refractivity contribution is -0.128. The smallest absolute Gasteiger partial charge is 0.337 e. The average Bonchev–Trinajstić information content (AvgIpc) is 2.37. The van der Waals surface area contributed by atoms with Gasteiger partial charge in [0.25, 0.3) is 0 Å². The second kappa shape index (κ2) is 6.78. The van der Waals surface area contributed by atoms with Gasteiger partial charge in [-0.3, -0.25) is 4.79 Å². The summed E-state index contributed by atoms with van der Waals surface area (Å²) in [5, 5.41) is 12.0. The highest BCUT2D eigenvalue weighted by atomic mass is 16.4. The summed E-state index contributed by atoms with van der Waals surface area (Å²) in [5.41, 5.74) is 1.61. The van der Waals surface area contributed by atoms with Crippen molar-refractivity contribution in [2.24, 2.45) is 0 Å². The van der Waals surface area contributed by atoms with Gasteiger partial charge in [-0.15, -0.1) is 0 Å². The number of carbonyl (C=O) groups excluding carboxylic acids is 1. The number of carbonyl (C=O) groups is 2. The molecule has 0 bridgehead atoms. The number of hydrogen-bond donors (Lipinski definition) is 2. The molecule has 0 radical (unpaired) electrons. The first-order valence-electron chi connectivity index (χ1n) is 6.35. The van der Waals surface area contributed by atoms with E-state index in [0.29, 0.717) is 18.8 Å². The van der Waals surface area contributed by atoms with Crippen LogP contribution in [0.15, 0.2) is 18.2 Å². The third-order valence-electron chi connectivity index (χ3n) is 2.95. The number of aryl methyl sites for hydroxylation is 1. The van der Waals surface area contributed by atoms with E-state index in [1.807, 2.05) is 20.8 Å². The van der Waals surface area contributed by atoms with Gasteiger partial charge in [-0.2, -0.15) is 0 Å². The molecule has 5 nitrogen and oxygen atoms in total. The Kier molecular flexibility index (Phi) is 5.36. The molecule has 1 amide bonds. The lowest BCUT2D eigenvalue weighted by atomic mass is 10.1. The standard InChI is InChI=1S/C14H20N2O3/c1-4-16(5-2)13(17)9-15-12-8-10(3)6-7-11(12)14(18)19/h6-8,15H,4-5,9H2,1-3H3,(H,18,19). The van der Waals surface area contributed by atoms with Crippen molar-refractivity contribution in [3.63, 3.8) is 0 Å². The number of aromatic carboxylic acids is 1. The van der Waals surface area contributed by atoms with Crippen molar-refractivity contribution in [2.75, 3.05) is 25.0 Å². The van der Waals surface area contributed by atoms with Gasteiger partial charge in [-0.25, -0.2) is 4.79 Å². The maximum atomic E-state index is 11.9. The van der Waals surface area contributed by atoms with Gasteiger partial charge < -0.3 is 15.3 Å². The van der Waals surface area contributed by atoms with E-state index in [4.69, 9.17) is 5.11 Å². The summed E-state index contributed by atoms with van der Waals surface area (Å²) < 4.78 is 0. The Morgan fingerprint density at radius 3 is 2.42 bits per heavy atom. The fourth-order valence-electron chi connectivity index (χ4n) is 1.85. The lowest BCUT2D eigenvalue weighted by Gasteiger charge is -2.19. The molecule has 0 atom stereocenters. The molecular weight excluding hydrogens is 244 g/mol. The molecule has 2 N–H and O–H groups in total. The normalized spacial score (nSPS) is 10.1. The molecule has 0 heterocycles. The molecule has 104 valence electrons. The van der Waals surface area contributed by atoms with Gasteiger partial charge in [0.1, 0.15) is 0 Å². The Morgan fingerprint density at radius 1 is 1.26 bits per heavy atom. The van der Waals surface area contributed by atoms with E-state index in [-0.39, 0.29) is 18.0 Å². The van der Waals surface area contributed by atoms with Crippen LogP contribution in [0, 0.1) is 6.92 Å². The number of benzene rings is 1. The molecule has 1 aromatic carbocycles. The maximum absolute atomic E-state index is 11.9. The average molecular weight is 264 g/mol. The molecule has 1 aromatic rings. The largest absolute Gasteiger partial charge is 0.478 e. The molecule has 19 heavy (non-hydrogen) atoms. The number of carboxylic acid groups (broad SMARTS) is 1. The van der Waals surface area contributed by atoms with Crippen molar-refractivity contribution in [3.8, 4) is 0 Å². The fraction of sp³-hybridized carbons (Fsp3) is 0.429. The van der Waals surface area contributed by atoms with Crippen LogP contribution in [0.4, 0.5) is 5.69 Å². The van der Waals surface area contributed by atoms with Crippen LogP contribution in [0.25, 0.3) is 0 Å². The van der Waals surface area contributed by atoms with Gasteiger partial charge >= 0.3 is 5.97 Å². The highest BCUT2D eigenvalue weighted by Crippen LogP contribution is 2.17. The lowest BCUT2D eigenvalue weighted by Crippen LogP contribution is -2.35. The molecule has 0 spiro atoms. The molecule has 1 rings (SSSR count). The van der Waals surface area contributed by atoms with Crippen LogP contribution >= 0.6 is 0 Å². The van der Waals surface area contributed by atoms with Crippen molar-refractivity contribution in [2.45, 2.75) is 20.8 Å². The van der Waals surface area contributed by atoms with Crippen LogP contribution in [0.3, 0.4) is 0 Å². The van der Waals surface area contributed by atoms with Gasteiger partial charge in [0.2, 0.25) is 5.91 Å². The quantitative estimate of drug-likeness (QED) is 0.824. The predicted octanol–water partition coefficient (Wildman–Crippen LogP) is 1.97. The highest BCUT2D eigenvalue weighted by molar-refractivity contribution is 5.95. The van der Waals surface area contributed by atoms with E-state index >= 15 is 0 Å². The molecule has 0 saturated carbocycles. The summed E-state index contributed by atoms with van der Waals surface area (Å²) in [4.78, 5) is 24.6. The van der Waals surface area contributed by atoms with Crippen molar-refractivity contribution < 1.29 is 14.7 Å². The van der Waals surface area contributed by atoms with Crippen LogP contribution in [0.2, 0.25) is 0 Å². The summed E-state index contributed by atoms with van der Waals surface area (Å²) in [6.45, 7) is 7.11. The number of likely N-dealkylation sites (N-methyl/N-ethyl adjacent to an activating group) is 1. The molecule has 0 fully saturated rings. The summed E-state index contributed by atoms with van der Waals surface area (Å²) >= 11 is 0. The third-order valence-corrected chi connectivity index (χ3v) is 2.95. The number of rotatable bonds is 6. The van der Waals surface area contributed by atoms with E-state index < -0.39 is 5.97 Å². The molecule has 5 heteroatoms. The number of amides is 1. The first kappa shape index (κ1) is 15.0. The minimum Gasteiger partial charge on any atom is -0.478 e. The second-order valence-electron chi connectivity index (χ2n) is 4.27. The number of hydrogen-bond acceptors (Lipinski definition) is 3. The monoisotopic (exact) mass is 264 g/mol. The molecule has 0 aliphatic heterocycles. The first-order chi connectivity index (χ1) is 8.99. The third kappa shape index (κ3) is 3.98. The Bertz CT molecular complexity index is 468. The fourth-order valence-corrected chi connectivity index (χ4v) is 1.85. The number of nitrogens with zero attached hydrogens (tertiary/aromatic N) is 1. The van der Waals surface area contributed by atoms with E-state index in [1.54, 1.807) is 23.1 Å². The predicted molar refractivity (Wildman–Crippen MR) is 74.6 cm³/mol. The number of anilines is 1. The van der Waals surface area contributed by atoms with E-state index in [2.05, 4.69) is 5.32 Å². The number of carboxylic acids is 1. The Hall–Kier alpha value is -2.04. The van der Waals surface area contributed by atoms with Gasteiger partial charge in [-0.1, -0.05) is 6.07 Å². The van der Waals surface area contributed by atoms with Crippen molar-refractivity contribution in [3.05, 3.63) is 29.3 Å². The highest BCUT2D eigenvalue weighted by Gasteiger charge is 2.13. The Balaban J connectivity index is 2.79. The molecular formula is C14H20N2O3. The summed E-state index contributed by atoms with van der Waals surface area (Å²) in [6.07, 6.45) is 0. The first-order valence-corrected chi connectivity index (χ1v) is 6.35. The summed E-state index contributed by atoms with van der Waals surface area (Å²) in [7, 11) is 0. The SMILES string of the molecule is CCN(CC)C(=O)CNc1cc(C)ccc1C(=O)O. The molecule has 0 aromatic heterocycles. The van der Waals surface area contributed by atoms with Crippen LogP contribution in [0.5, 0.6) is 0 Å². The number of nitrogens with one attached hydrogen (secondary N) is 1. The minimum atomic E-state index is -1.00. The van der Waals surface area contributed by atoms with Gasteiger partial charge in [0, 0.05) is 18.8 Å². The van der Waals surface area contributed by atoms with Crippen LogP contribution in [-0.4, -0.2) is 41.5 Å². The van der Waals surface area contributed by atoms with Crippen LogP contribution in [-0.2, 0) is 4.79 Å². The molecule has 0 aliphatic rings. The van der Waals surface area contributed by atoms with Crippen molar-refractivity contribution >= 4 is 17.6 Å². The van der Waals surface area contributed by atoms with Crippen LogP contribution in [0.1, 0.15) is 29.8 Å². The van der Waals surface area contributed by atoms with Gasteiger partial charge in [-0.05, 0) is 38.5 Å². The zero-order valence-corrected chi connectivity index (χ0v) is 11.6. The van der Waals surface area contributed by atoms with Gasteiger partial charge in [0.15, 0.2) is 0 Å². The summed E-state index contributed by atoms with van der Waals surface area (Å²) in [5.74, 6) is -1.04. The van der Waals surface area contributed by atoms with Gasteiger partial charge in [0.05, 0.1) is 12.1 Å². The van der Waals surface area contributed by atoms with Crippen molar-refractivity contribution in [1.82, 2.24) is 4.90 Å². The zero-order chi connectivity index (χ0) is 14.4. The molecule has 0 aliphatic carbocycles. The van der Waals surface area contributed by atoms with Crippen molar-refractivity contribution in [1.29, 1.82) is 0 Å². The van der Waals surface area contributed by atoms with E-state index in [9.17, 15) is 9.59 Å². The molecule has 0 saturated heterocycles. The zero-order valence-electron chi connectivity index (χ0n) is 11.6. The molecule has 0 unspecified atom stereocenters. The van der Waals surface area contributed by atoms with Crippen LogP contribution < -0.4 is 5.32 Å². The Morgan fingerprint density at radius 2 is 1.89 bits per heavy atom. The topological polar surface area (TPSA) is 69.6 Å².